The van der Waals surface area contributed by atoms with Crippen LogP contribution >= 0.6 is 0 Å². The maximum atomic E-state index is 11.9. The molecule has 2 aromatic rings. The molecule has 0 aliphatic carbocycles. The van der Waals surface area contributed by atoms with E-state index in [0.717, 1.165) is 0 Å². The van der Waals surface area contributed by atoms with Crippen LogP contribution in [-0.4, -0.2) is 33.1 Å². The van der Waals surface area contributed by atoms with E-state index >= 15 is 0 Å². The number of pyridine rings is 1. The van der Waals surface area contributed by atoms with Crippen LogP contribution in [0.3, 0.4) is 0 Å². The molecular formula is C15H18BN3O3. The highest BCUT2D eigenvalue weighted by molar-refractivity contribution is 6.61. The van der Waals surface area contributed by atoms with E-state index in [-0.39, 0.29) is 5.56 Å². The first kappa shape index (κ1) is 14.9. The monoisotopic (exact) mass is 299 g/mol. The van der Waals surface area contributed by atoms with Crippen molar-refractivity contribution in [1.29, 1.82) is 0 Å². The molecule has 6 nitrogen and oxygen atoms in total. The third-order valence-electron chi connectivity index (χ3n) is 4.18. The Bertz CT molecular complexity index is 741. The van der Waals surface area contributed by atoms with Crippen molar-refractivity contribution < 1.29 is 9.31 Å². The zero-order chi connectivity index (χ0) is 16.0. The van der Waals surface area contributed by atoms with Crippen molar-refractivity contribution in [2.45, 2.75) is 38.9 Å². The van der Waals surface area contributed by atoms with Crippen LogP contribution in [-0.2, 0) is 9.31 Å². The zero-order valence-corrected chi connectivity index (χ0v) is 13.1. The van der Waals surface area contributed by atoms with E-state index < -0.39 is 18.3 Å². The van der Waals surface area contributed by atoms with Gasteiger partial charge in [-0.05, 0) is 45.9 Å². The van der Waals surface area contributed by atoms with Gasteiger partial charge in [-0.3, -0.25) is 4.79 Å². The lowest BCUT2D eigenvalue weighted by molar-refractivity contribution is 0.00578. The molecule has 0 aromatic carbocycles. The summed E-state index contributed by atoms with van der Waals surface area (Å²) in [7, 11) is -0.565. The smallest absolute Gasteiger partial charge is 0.398 e. The third kappa shape index (κ3) is 2.46. The molecule has 0 radical (unpaired) electrons. The van der Waals surface area contributed by atoms with Crippen LogP contribution in [0.2, 0.25) is 0 Å². The summed E-state index contributed by atoms with van der Waals surface area (Å²) in [5, 5.41) is 4.03. The largest absolute Gasteiger partial charge is 0.514 e. The zero-order valence-electron chi connectivity index (χ0n) is 13.1. The molecule has 1 fully saturated rings. The molecule has 2 aromatic heterocycles. The van der Waals surface area contributed by atoms with Gasteiger partial charge in [-0.15, -0.1) is 0 Å². The molecule has 3 rings (SSSR count). The number of rotatable bonds is 2. The van der Waals surface area contributed by atoms with Gasteiger partial charge in [-0.25, -0.2) is 4.98 Å². The summed E-state index contributed by atoms with van der Waals surface area (Å²) in [5.41, 5.74) is -0.483. The molecular weight excluding hydrogens is 281 g/mol. The Morgan fingerprint density at radius 1 is 1.05 bits per heavy atom. The Labute approximate surface area is 129 Å². The van der Waals surface area contributed by atoms with Crippen molar-refractivity contribution in [3.63, 3.8) is 0 Å². The summed E-state index contributed by atoms with van der Waals surface area (Å²) in [6.07, 6.45) is 1.55. The fraction of sp³-hybridized carbons (Fsp3) is 0.400. The van der Waals surface area contributed by atoms with E-state index in [0.29, 0.717) is 11.4 Å². The van der Waals surface area contributed by atoms with Crippen LogP contribution in [0.15, 0.2) is 41.3 Å². The molecule has 7 heteroatoms. The predicted octanol–water partition coefficient (Wildman–Crippen LogP) is 0.927. The molecule has 0 unspecified atom stereocenters. The Morgan fingerprint density at radius 3 is 2.36 bits per heavy atom. The molecule has 0 N–H and O–H groups in total. The van der Waals surface area contributed by atoms with E-state index in [2.05, 4.69) is 10.1 Å². The van der Waals surface area contributed by atoms with Crippen LogP contribution in [0.5, 0.6) is 0 Å². The van der Waals surface area contributed by atoms with Crippen LogP contribution in [0.25, 0.3) is 5.82 Å². The van der Waals surface area contributed by atoms with Gasteiger partial charge in [0.05, 0.1) is 16.8 Å². The second-order valence-electron chi connectivity index (χ2n) is 6.28. The van der Waals surface area contributed by atoms with Crippen molar-refractivity contribution in [1.82, 2.24) is 14.8 Å². The average molecular weight is 299 g/mol. The molecule has 3 heterocycles. The van der Waals surface area contributed by atoms with E-state index in [1.807, 2.05) is 39.8 Å². The maximum Gasteiger partial charge on any atom is 0.514 e. The summed E-state index contributed by atoms with van der Waals surface area (Å²) in [4.78, 5) is 16.3. The molecule has 1 aliphatic rings. The van der Waals surface area contributed by atoms with Crippen LogP contribution in [0, 0.1) is 0 Å². The highest BCUT2D eigenvalue weighted by Crippen LogP contribution is 2.36. The second kappa shape index (κ2) is 5.03. The number of hydrogen-bond donors (Lipinski definition) is 0. The Kier molecular flexibility index (Phi) is 3.42. The summed E-state index contributed by atoms with van der Waals surface area (Å²) in [5.74, 6) is 0.442. The van der Waals surface area contributed by atoms with Crippen molar-refractivity contribution in [2.75, 3.05) is 0 Å². The molecule has 1 saturated heterocycles. The number of aromatic nitrogens is 3. The lowest BCUT2D eigenvalue weighted by Gasteiger charge is -2.32. The summed E-state index contributed by atoms with van der Waals surface area (Å²) in [6, 6.07) is 8.39. The Morgan fingerprint density at radius 2 is 1.73 bits per heavy atom. The van der Waals surface area contributed by atoms with Crippen LogP contribution < -0.4 is 11.2 Å². The van der Waals surface area contributed by atoms with Gasteiger partial charge >= 0.3 is 7.12 Å². The van der Waals surface area contributed by atoms with Crippen molar-refractivity contribution >= 4 is 12.7 Å². The number of hydrogen-bond acceptors (Lipinski definition) is 5. The lowest BCUT2D eigenvalue weighted by Crippen LogP contribution is -2.41. The molecule has 0 saturated carbocycles. The van der Waals surface area contributed by atoms with Gasteiger partial charge in [0.25, 0.3) is 5.56 Å². The predicted molar refractivity (Wildman–Crippen MR) is 83.3 cm³/mol. The van der Waals surface area contributed by atoms with E-state index in [4.69, 9.17) is 9.31 Å². The first-order valence-electron chi connectivity index (χ1n) is 7.17. The number of nitrogens with zero attached hydrogens (tertiary/aromatic N) is 3. The third-order valence-corrected chi connectivity index (χ3v) is 4.18. The quantitative estimate of drug-likeness (QED) is 0.772. The Hall–Kier alpha value is -1.99. The van der Waals surface area contributed by atoms with Crippen molar-refractivity contribution in [3.05, 3.63) is 46.9 Å². The SMILES string of the molecule is CC1(C)OB(c2cccc(-n3ncccc3=O)n2)OC1(C)C. The summed E-state index contributed by atoms with van der Waals surface area (Å²) >= 11 is 0. The highest BCUT2D eigenvalue weighted by Gasteiger charge is 2.52. The first-order chi connectivity index (χ1) is 10.3. The van der Waals surface area contributed by atoms with Gasteiger partial charge in [0.2, 0.25) is 0 Å². The minimum atomic E-state index is -0.565. The Balaban J connectivity index is 1.97. The standard InChI is InChI=1S/C15H18BN3O3/c1-14(2)15(3,4)22-16(21-14)11-7-5-8-12(18-11)19-13(20)9-6-10-17-19/h5-10H,1-4H3. The summed E-state index contributed by atoms with van der Waals surface area (Å²) in [6.45, 7) is 7.94. The molecule has 114 valence electrons. The van der Waals surface area contributed by atoms with Gasteiger partial charge < -0.3 is 9.31 Å². The first-order valence-corrected chi connectivity index (χ1v) is 7.17. The molecule has 0 atom stereocenters. The normalized spacial score (nSPS) is 19.4. The van der Waals surface area contributed by atoms with Gasteiger partial charge in [0.15, 0.2) is 5.82 Å². The van der Waals surface area contributed by atoms with Crippen LogP contribution in [0.4, 0.5) is 0 Å². The van der Waals surface area contributed by atoms with Gasteiger partial charge in [0.1, 0.15) is 0 Å². The average Bonchev–Trinajstić information content (AvgIpc) is 2.68. The molecule has 0 bridgehead atoms. The molecule has 0 amide bonds. The minimum Gasteiger partial charge on any atom is -0.398 e. The maximum absolute atomic E-state index is 11.9. The van der Waals surface area contributed by atoms with Gasteiger partial charge in [0, 0.05) is 12.3 Å². The second-order valence-corrected chi connectivity index (χ2v) is 6.28. The summed E-state index contributed by atoms with van der Waals surface area (Å²) < 4.78 is 13.2. The van der Waals surface area contributed by atoms with Crippen molar-refractivity contribution in [2.24, 2.45) is 0 Å². The fourth-order valence-corrected chi connectivity index (χ4v) is 2.18. The topological polar surface area (TPSA) is 66.2 Å². The van der Waals surface area contributed by atoms with Gasteiger partial charge in [-0.1, -0.05) is 6.07 Å². The highest BCUT2D eigenvalue weighted by atomic mass is 16.7. The van der Waals surface area contributed by atoms with Gasteiger partial charge in [-0.2, -0.15) is 9.78 Å². The lowest BCUT2D eigenvalue weighted by atomic mass is 9.84. The molecule has 0 spiro atoms. The fourth-order valence-electron chi connectivity index (χ4n) is 2.18. The van der Waals surface area contributed by atoms with E-state index in [1.54, 1.807) is 18.3 Å². The molecule has 22 heavy (non-hydrogen) atoms. The minimum absolute atomic E-state index is 0.235. The molecule has 1 aliphatic heterocycles. The van der Waals surface area contributed by atoms with E-state index in [9.17, 15) is 4.79 Å². The van der Waals surface area contributed by atoms with E-state index in [1.165, 1.54) is 10.7 Å². The van der Waals surface area contributed by atoms with Crippen LogP contribution in [0.1, 0.15) is 27.7 Å². The van der Waals surface area contributed by atoms with Crippen molar-refractivity contribution in [3.8, 4) is 5.82 Å².